The molecule has 3 aliphatic rings. The zero-order valence-electron chi connectivity index (χ0n) is 32.8. The zero-order valence-corrected chi connectivity index (χ0v) is 39.6. The molecule has 318 valence electrons. The first-order valence-corrected chi connectivity index (χ1v) is 22.6. The van der Waals surface area contributed by atoms with Crippen LogP contribution in [0.4, 0.5) is 34.1 Å². The quantitative estimate of drug-likeness (QED) is 0.158. The molecule has 63 heavy (non-hydrogen) atoms. The number of nitrogens with zero attached hydrogens (tertiary/aromatic N) is 6. The largest absolute Gasteiger partial charge is 0.251 e. The number of rotatable bonds is 3. The van der Waals surface area contributed by atoms with Crippen LogP contribution in [0.1, 0.15) is 36.0 Å². The van der Waals surface area contributed by atoms with Crippen molar-refractivity contribution in [1.29, 1.82) is 0 Å². The third-order valence-electron chi connectivity index (χ3n) is 9.49. The number of para-hydroxylation sites is 6. The van der Waals surface area contributed by atoms with Gasteiger partial charge in [0.2, 0.25) is 11.4 Å². The molecular formula is C48H33Cl9N6. The van der Waals surface area contributed by atoms with E-state index >= 15 is 0 Å². The van der Waals surface area contributed by atoms with Crippen molar-refractivity contribution in [3.63, 3.8) is 0 Å². The average Bonchev–Trinajstić information content (AvgIpc) is 3.71. The van der Waals surface area contributed by atoms with Crippen LogP contribution in [0.15, 0.2) is 194 Å². The Balaban J connectivity index is 0.000000142. The number of hydrogen-bond acceptors (Lipinski definition) is 6. The van der Waals surface area contributed by atoms with E-state index in [0.29, 0.717) is 53.5 Å². The summed E-state index contributed by atoms with van der Waals surface area (Å²) in [5.74, 6) is 0. The topological polar surface area (TPSA) is 74.2 Å². The van der Waals surface area contributed by atoms with Crippen LogP contribution >= 0.6 is 104 Å². The van der Waals surface area contributed by atoms with Gasteiger partial charge >= 0.3 is 0 Å². The van der Waals surface area contributed by atoms with Gasteiger partial charge in [0.05, 0.1) is 68.4 Å². The summed E-state index contributed by atoms with van der Waals surface area (Å²) in [7, 11) is 0. The maximum atomic E-state index is 6.05. The fraction of sp³-hybridized carbons (Fsp3) is 0.125. The Morgan fingerprint density at radius 3 is 0.651 bits per heavy atom. The molecule has 3 aliphatic heterocycles. The first-order chi connectivity index (χ1) is 30.1. The number of hydrogen-bond donors (Lipinski definition) is 0. The summed E-state index contributed by atoms with van der Waals surface area (Å²) in [6.45, 7) is 0. The van der Waals surface area contributed by atoms with Crippen molar-refractivity contribution in [3.05, 3.63) is 180 Å². The Kier molecular flexibility index (Phi) is 15.5. The van der Waals surface area contributed by atoms with Gasteiger partial charge in [0.25, 0.3) is 0 Å². The van der Waals surface area contributed by atoms with E-state index in [0.717, 1.165) is 50.9 Å². The van der Waals surface area contributed by atoms with Crippen molar-refractivity contribution in [2.24, 2.45) is 30.0 Å². The maximum absolute atomic E-state index is 6.05. The lowest BCUT2D eigenvalue weighted by Crippen LogP contribution is -2.22. The van der Waals surface area contributed by atoms with Crippen molar-refractivity contribution in [3.8, 4) is 0 Å². The van der Waals surface area contributed by atoms with Gasteiger partial charge in [0.15, 0.2) is 0 Å². The molecule has 0 atom stereocenters. The second-order valence-corrected chi connectivity index (χ2v) is 20.8. The normalized spacial score (nSPS) is 14.8. The van der Waals surface area contributed by atoms with Crippen LogP contribution in [0, 0.1) is 0 Å². The van der Waals surface area contributed by atoms with Gasteiger partial charge in [0, 0.05) is 19.3 Å². The standard InChI is InChI=1S/3C16H11Cl3N2/c3*17-16(18,19)15-10-14(11-6-2-1-3-7-11)20-12-8-4-5-9-13(12)21-15/h3*1-9H,10H2. The first kappa shape index (κ1) is 46.9. The maximum Gasteiger partial charge on any atom is 0.229 e. The van der Waals surface area contributed by atoms with Gasteiger partial charge in [-0.25, -0.2) is 0 Å². The van der Waals surface area contributed by atoms with E-state index in [2.05, 4.69) is 15.0 Å². The van der Waals surface area contributed by atoms with Gasteiger partial charge in [-0.3, -0.25) is 30.0 Å². The smallest absolute Gasteiger partial charge is 0.229 e. The van der Waals surface area contributed by atoms with Gasteiger partial charge in [-0.15, -0.1) is 0 Å². The highest BCUT2D eigenvalue weighted by atomic mass is 35.6. The molecule has 0 radical (unpaired) electrons. The van der Waals surface area contributed by atoms with E-state index in [4.69, 9.17) is 119 Å². The molecule has 0 aliphatic carbocycles. The van der Waals surface area contributed by atoms with Crippen LogP contribution in [-0.4, -0.2) is 45.6 Å². The van der Waals surface area contributed by atoms with Crippen LogP contribution in [0.5, 0.6) is 0 Å². The summed E-state index contributed by atoms with van der Waals surface area (Å²) in [6.07, 6.45) is 1.19. The minimum absolute atomic E-state index is 0.398. The van der Waals surface area contributed by atoms with Crippen molar-refractivity contribution in [2.75, 3.05) is 0 Å². The Morgan fingerprint density at radius 2 is 0.444 bits per heavy atom. The molecule has 0 fully saturated rings. The summed E-state index contributed by atoms with van der Waals surface area (Å²) >= 11 is 54.4. The zero-order chi connectivity index (χ0) is 44.6. The van der Waals surface area contributed by atoms with Crippen molar-refractivity contribution in [1.82, 2.24) is 0 Å². The summed E-state index contributed by atoms with van der Waals surface area (Å²) in [5.41, 5.74) is 11.4. The van der Waals surface area contributed by atoms with Crippen LogP contribution in [-0.2, 0) is 0 Å². The fourth-order valence-electron chi connectivity index (χ4n) is 6.43. The summed E-state index contributed by atoms with van der Waals surface area (Å²) < 4.78 is -4.65. The lowest BCUT2D eigenvalue weighted by Gasteiger charge is -2.14. The molecule has 0 saturated carbocycles. The van der Waals surface area contributed by atoms with E-state index in [1.807, 2.05) is 164 Å². The van der Waals surface area contributed by atoms with Crippen molar-refractivity contribution in [2.45, 2.75) is 30.6 Å². The first-order valence-electron chi connectivity index (χ1n) is 19.2. The number of benzene rings is 6. The molecule has 0 N–H and O–H groups in total. The molecule has 0 saturated heterocycles. The minimum atomic E-state index is -1.55. The second kappa shape index (κ2) is 20.8. The van der Waals surface area contributed by atoms with Crippen LogP contribution < -0.4 is 0 Å². The SMILES string of the molecule is ClC(Cl)(Cl)C1=Nc2ccccc2N=C(c2ccccc2)C1.ClC(Cl)(Cl)C1=Nc2ccccc2N=C(c2ccccc2)C1.ClC(Cl)(Cl)C1=Nc2ccccc2N=C(c2ccccc2)C1. The lowest BCUT2D eigenvalue weighted by atomic mass is 10.1. The highest BCUT2D eigenvalue weighted by Crippen LogP contribution is 2.40. The Morgan fingerprint density at radius 1 is 0.254 bits per heavy atom. The van der Waals surface area contributed by atoms with E-state index in [9.17, 15) is 0 Å². The van der Waals surface area contributed by atoms with Crippen molar-refractivity contribution < 1.29 is 0 Å². The van der Waals surface area contributed by atoms with E-state index in [-0.39, 0.29) is 0 Å². The molecule has 6 nitrogen and oxygen atoms in total. The number of alkyl halides is 9. The van der Waals surface area contributed by atoms with Gasteiger partial charge in [-0.2, -0.15) is 0 Å². The molecule has 0 spiro atoms. The highest BCUT2D eigenvalue weighted by molar-refractivity contribution is 6.78. The van der Waals surface area contributed by atoms with Gasteiger partial charge in [-0.05, 0) is 53.1 Å². The monoisotopic (exact) mass is 1010 g/mol. The average molecular weight is 1010 g/mol. The van der Waals surface area contributed by atoms with Crippen LogP contribution in [0.25, 0.3) is 0 Å². The molecule has 6 aromatic rings. The van der Waals surface area contributed by atoms with E-state index in [1.54, 1.807) is 0 Å². The predicted octanol–water partition coefficient (Wildman–Crippen LogP) is 17.0. The molecule has 3 heterocycles. The van der Waals surface area contributed by atoms with Crippen molar-refractivity contribution >= 4 is 173 Å². The molecule has 0 bridgehead atoms. The lowest BCUT2D eigenvalue weighted by molar-refractivity contribution is 1.37. The molecule has 15 heteroatoms. The minimum Gasteiger partial charge on any atom is -0.251 e. The third-order valence-corrected chi connectivity index (χ3v) is 11.4. The van der Waals surface area contributed by atoms with Gasteiger partial charge < -0.3 is 0 Å². The van der Waals surface area contributed by atoms with Crippen LogP contribution in [0.2, 0.25) is 0 Å². The van der Waals surface area contributed by atoms with Crippen LogP contribution in [0.3, 0.4) is 0 Å². The third kappa shape index (κ3) is 12.8. The summed E-state index contributed by atoms with van der Waals surface area (Å²) in [5, 5.41) is 0. The molecule has 0 unspecified atom stereocenters. The van der Waals surface area contributed by atoms with Gasteiger partial charge in [-0.1, -0.05) is 232 Å². The predicted molar refractivity (Wildman–Crippen MR) is 273 cm³/mol. The Labute approximate surface area is 410 Å². The molecule has 9 rings (SSSR count). The Hall–Kier alpha value is -4.05. The molecule has 0 aromatic heterocycles. The molecule has 0 amide bonds. The Bertz CT molecular complexity index is 2450. The number of halogens is 9. The number of fused-ring (bicyclic) bond motifs is 3. The van der Waals surface area contributed by atoms with E-state index in [1.165, 1.54) is 0 Å². The summed E-state index contributed by atoms with van der Waals surface area (Å²) in [4.78, 5) is 27.6. The highest BCUT2D eigenvalue weighted by Gasteiger charge is 2.33. The second-order valence-electron chi connectivity index (χ2n) is 13.9. The summed E-state index contributed by atoms with van der Waals surface area (Å²) in [6, 6.07) is 52.3. The van der Waals surface area contributed by atoms with Gasteiger partial charge in [0.1, 0.15) is 0 Å². The van der Waals surface area contributed by atoms with E-state index < -0.39 is 11.4 Å². The number of aliphatic imine (C=N–C) groups is 6. The molecule has 6 aromatic carbocycles. The fourth-order valence-corrected chi connectivity index (χ4v) is 7.41. The molecular weight excluding hydrogens is 980 g/mol.